The molecule has 0 saturated carbocycles. The third-order valence-electron chi connectivity index (χ3n) is 3.11. The average molecular weight is 235 g/mol. The third kappa shape index (κ3) is 2.48. The highest BCUT2D eigenvalue weighted by atomic mass is 16.5. The van der Waals surface area contributed by atoms with Crippen molar-refractivity contribution in [2.75, 3.05) is 19.8 Å². The second kappa shape index (κ2) is 4.85. The van der Waals surface area contributed by atoms with Gasteiger partial charge in [-0.3, -0.25) is 4.79 Å². The van der Waals surface area contributed by atoms with Gasteiger partial charge in [-0.15, -0.1) is 0 Å². The normalized spacial score (nSPS) is 17.3. The molecule has 4 heteroatoms. The number of aliphatic hydroxyl groups is 1. The van der Waals surface area contributed by atoms with E-state index in [1.807, 2.05) is 31.2 Å². The van der Waals surface area contributed by atoms with Gasteiger partial charge in [-0.25, -0.2) is 0 Å². The second-order valence-electron chi connectivity index (χ2n) is 4.60. The first-order valence-electron chi connectivity index (χ1n) is 5.69. The fourth-order valence-corrected chi connectivity index (χ4v) is 1.72. The zero-order valence-corrected chi connectivity index (χ0v) is 9.90. The van der Waals surface area contributed by atoms with E-state index in [0.29, 0.717) is 19.8 Å². The first kappa shape index (κ1) is 12.1. The largest absolute Gasteiger partial charge is 0.395 e. The van der Waals surface area contributed by atoms with E-state index in [-0.39, 0.29) is 12.5 Å². The van der Waals surface area contributed by atoms with E-state index in [1.54, 1.807) is 0 Å². The number of hydrogen-bond donors (Lipinski definition) is 2. The molecule has 0 radical (unpaired) electrons. The molecular formula is C13H17NO3. The molecule has 1 fully saturated rings. The summed E-state index contributed by atoms with van der Waals surface area (Å²) in [7, 11) is 0. The van der Waals surface area contributed by atoms with Gasteiger partial charge in [0.05, 0.1) is 19.8 Å². The van der Waals surface area contributed by atoms with Crippen molar-refractivity contribution in [3.63, 3.8) is 0 Å². The van der Waals surface area contributed by atoms with Gasteiger partial charge in [-0.2, -0.15) is 0 Å². The van der Waals surface area contributed by atoms with Crippen LogP contribution in [-0.2, 0) is 16.1 Å². The Labute approximate surface area is 101 Å². The van der Waals surface area contributed by atoms with Gasteiger partial charge in [-0.1, -0.05) is 29.8 Å². The lowest BCUT2D eigenvalue weighted by Crippen LogP contribution is -2.56. The number of nitrogens with one attached hydrogen (secondary N) is 1. The Morgan fingerprint density at radius 1 is 1.41 bits per heavy atom. The van der Waals surface area contributed by atoms with Crippen LogP contribution in [0, 0.1) is 12.3 Å². The predicted molar refractivity (Wildman–Crippen MR) is 63.4 cm³/mol. The maximum Gasteiger partial charge on any atom is 0.233 e. The Hall–Kier alpha value is -1.39. The molecule has 0 bridgehead atoms. The molecule has 0 aliphatic carbocycles. The quantitative estimate of drug-likeness (QED) is 0.804. The number of carbonyl (C=O) groups is 1. The zero-order chi connectivity index (χ0) is 12.3. The Morgan fingerprint density at radius 3 is 2.53 bits per heavy atom. The maximum atomic E-state index is 11.9. The minimum atomic E-state index is -0.718. The van der Waals surface area contributed by atoms with Crippen LogP contribution in [0.15, 0.2) is 24.3 Å². The monoisotopic (exact) mass is 235 g/mol. The van der Waals surface area contributed by atoms with Gasteiger partial charge in [0.1, 0.15) is 5.41 Å². The van der Waals surface area contributed by atoms with Gasteiger partial charge in [0.15, 0.2) is 0 Å². The van der Waals surface area contributed by atoms with Crippen molar-refractivity contribution in [2.45, 2.75) is 13.5 Å². The number of hydrogen-bond acceptors (Lipinski definition) is 3. The SMILES string of the molecule is Cc1ccc(CNC(=O)C2(CO)COC2)cc1. The van der Waals surface area contributed by atoms with Gasteiger partial charge >= 0.3 is 0 Å². The topological polar surface area (TPSA) is 58.6 Å². The van der Waals surface area contributed by atoms with Gasteiger partial charge in [-0.05, 0) is 12.5 Å². The lowest BCUT2D eigenvalue weighted by atomic mass is 9.86. The molecule has 2 rings (SSSR count). The number of amides is 1. The molecule has 92 valence electrons. The number of benzene rings is 1. The Kier molecular flexibility index (Phi) is 3.45. The molecule has 1 aliphatic heterocycles. The minimum absolute atomic E-state index is 0.133. The van der Waals surface area contributed by atoms with E-state index in [9.17, 15) is 9.90 Å². The van der Waals surface area contributed by atoms with Crippen molar-refractivity contribution < 1.29 is 14.6 Å². The molecule has 1 saturated heterocycles. The Balaban J connectivity index is 1.90. The fraction of sp³-hybridized carbons (Fsp3) is 0.462. The van der Waals surface area contributed by atoms with Gasteiger partial charge in [0, 0.05) is 6.54 Å². The van der Waals surface area contributed by atoms with E-state index in [2.05, 4.69) is 5.32 Å². The molecule has 1 aliphatic rings. The van der Waals surface area contributed by atoms with Crippen LogP contribution in [0.25, 0.3) is 0 Å². The predicted octanol–water partition coefficient (Wildman–Crippen LogP) is 0.620. The van der Waals surface area contributed by atoms with Crippen LogP contribution in [0.5, 0.6) is 0 Å². The smallest absolute Gasteiger partial charge is 0.233 e. The van der Waals surface area contributed by atoms with Crippen molar-refractivity contribution in [1.29, 1.82) is 0 Å². The lowest BCUT2D eigenvalue weighted by molar-refractivity contribution is -0.170. The molecule has 2 N–H and O–H groups in total. The molecule has 17 heavy (non-hydrogen) atoms. The average Bonchev–Trinajstić information content (AvgIpc) is 2.27. The highest BCUT2D eigenvalue weighted by molar-refractivity contribution is 5.83. The van der Waals surface area contributed by atoms with E-state index < -0.39 is 5.41 Å². The molecule has 1 aromatic carbocycles. The van der Waals surface area contributed by atoms with Crippen molar-refractivity contribution in [2.24, 2.45) is 5.41 Å². The Morgan fingerprint density at radius 2 is 2.06 bits per heavy atom. The van der Waals surface area contributed by atoms with Crippen molar-refractivity contribution in [1.82, 2.24) is 5.32 Å². The lowest BCUT2D eigenvalue weighted by Gasteiger charge is -2.38. The molecule has 0 unspecified atom stereocenters. The van der Waals surface area contributed by atoms with Crippen LogP contribution in [0.3, 0.4) is 0 Å². The summed E-state index contributed by atoms with van der Waals surface area (Å²) in [4.78, 5) is 11.9. The number of rotatable bonds is 4. The summed E-state index contributed by atoms with van der Waals surface area (Å²) in [6.07, 6.45) is 0. The summed E-state index contributed by atoms with van der Waals surface area (Å²) in [5.74, 6) is -0.133. The van der Waals surface area contributed by atoms with Crippen LogP contribution >= 0.6 is 0 Å². The summed E-state index contributed by atoms with van der Waals surface area (Å²) >= 11 is 0. The van der Waals surface area contributed by atoms with Gasteiger partial charge in [0.25, 0.3) is 0 Å². The molecule has 0 spiro atoms. The maximum absolute atomic E-state index is 11.9. The van der Waals surface area contributed by atoms with Crippen LogP contribution in [0.2, 0.25) is 0 Å². The highest BCUT2D eigenvalue weighted by Crippen LogP contribution is 2.26. The number of aryl methyl sites for hydroxylation is 1. The number of carbonyl (C=O) groups excluding carboxylic acids is 1. The molecule has 1 amide bonds. The summed E-state index contributed by atoms with van der Waals surface area (Å²) < 4.78 is 5.00. The summed E-state index contributed by atoms with van der Waals surface area (Å²) in [5, 5.41) is 12.0. The van der Waals surface area contributed by atoms with Crippen molar-refractivity contribution in [3.8, 4) is 0 Å². The van der Waals surface area contributed by atoms with Gasteiger partial charge in [0.2, 0.25) is 5.91 Å². The van der Waals surface area contributed by atoms with E-state index in [4.69, 9.17) is 4.74 Å². The Bertz CT molecular complexity index is 390. The molecule has 1 heterocycles. The van der Waals surface area contributed by atoms with Crippen LogP contribution in [-0.4, -0.2) is 30.8 Å². The summed E-state index contributed by atoms with van der Waals surface area (Å²) in [6, 6.07) is 7.99. The first-order chi connectivity index (χ1) is 8.16. The second-order valence-corrected chi connectivity index (χ2v) is 4.60. The summed E-state index contributed by atoms with van der Waals surface area (Å²) in [5.41, 5.74) is 1.53. The van der Waals surface area contributed by atoms with E-state index in [1.165, 1.54) is 5.56 Å². The highest BCUT2D eigenvalue weighted by Gasteiger charge is 2.45. The number of aliphatic hydroxyl groups excluding tert-OH is 1. The fourth-order valence-electron chi connectivity index (χ4n) is 1.72. The third-order valence-corrected chi connectivity index (χ3v) is 3.11. The molecule has 0 atom stereocenters. The van der Waals surface area contributed by atoms with Crippen LogP contribution < -0.4 is 5.32 Å². The van der Waals surface area contributed by atoms with Crippen molar-refractivity contribution >= 4 is 5.91 Å². The molecule has 4 nitrogen and oxygen atoms in total. The summed E-state index contributed by atoms with van der Waals surface area (Å²) in [6.45, 7) is 2.97. The molecule has 1 aromatic rings. The van der Waals surface area contributed by atoms with Crippen molar-refractivity contribution in [3.05, 3.63) is 35.4 Å². The van der Waals surface area contributed by atoms with E-state index >= 15 is 0 Å². The van der Waals surface area contributed by atoms with Crippen LogP contribution in [0.4, 0.5) is 0 Å². The van der Waals surface area contributed by atoms with E-state index in [0.717, 1.165) is 5.56 Å². The minimum Gasteiger partial charge on any atom is -0.395 e. The zero-order valence-electron chi connectivity index (χ0n) is 9.90. The molecule has 0 aromatic heterocycles. The number of ether oxygens (including phenoxy) is 1. The first-order valence-corrected chi connectivity index (χ1v) is 5.69. The van der Waals surface area contributed by atoms with Gasteiger partial charge < -0.3 is 15.2 Å². The van der Waals surface area contributed by atoms with Crippen LogP contribution in [0.1, 0.15) is 11.1 Å². The molecular weight excluding hydrogens is 218 g/mol. The standard InChI is InChI=1S/C13H17NO3/c1-10-2-4-11(5-3-10)6-14-12(16)13(7-15)8-17-9-13/h2-5,15H,6-9H2,1H3,(H,14,16).